The van der Waals surface area contributed by atoms with Gasteiger partial charge in [0.1, 0.15) is 13.2 Å². The molecular formula is C11H17KO6. The van der Waals surface area contributed by atoms with Crippen LogP contribution in [0.4, 0.5) is 0 Å². The Morgan fingerprint density at radius 1 is 1.11 bits per heavy atom. The second-order valence-corrected chi connectivity index (χ2v) is 3.57. The average Bonchev–Trinajstić information content (AvgIpc) is 2.30. The number of hydrogen-bond acceptors (Lipinski definition) is 6. The number of carboxylic acid groups (broad SMARTS) is 1. The van der Waals surface area contributed by atoms with E-state index in [1.807, 2.05) is 6.92 Å². The molecule has 6 nitrogen and oxygen atoms in total. The maximum atomic E-state index is 11.2. The van der Waals surface area contributed by atoms with Gasteiger partial charge in [0, 0.05) is 5.97 Å². The van der Waals surface area contributed by atoms with Gasteiger partial charge in [-0.05, 0) is 12.8 Å². The van der Waals surface area contributed by atoms with Crippen molar-refractivity contribution in [3.63, 3.8) is 0 Å². The maximum Gasteiger partial charge on any atom is 1.00 e. The monoisotopic (exact) mass is 284 g/mol. The van der Waals surface area contributed by atoms with Gasteiger partial charge in [0.2, 0.25) is 0 Å². The number of carboxylic acids is 1. The zero-order valence-corrected chi connectivity index (χ0v) is 14.2. The van der Waals surface area contributed by atoms with Gasteiger partial charge in [-0.1, -0.05) is 13.8 Å². The fourth-order valence-electron chi connectivity index (χ4n) is 0.883. The van der Waals surface area contributed by atoms with E-state index in [2.05, 4.69) is 4.74 Å². The van der Waals surface area contributed by atoms with Crippen LogP contribution in [0.1, 0.15) is 33.1 Å². The molecule has 0 rings (SSSR count). The van der Waals surface area contributed by atoms with Crippen molar-refractivity contribution in [3.05, 3.63) is 0 Å². The number of esters is 2. The van der Waals surface area contributed by atoms with Crippen LogP contribution in [-0.4, -0.2) is 31.1 Å². The summed E-state index contributed by atoms with van der Waals surface area (Å²) in [6, 6.07) is 0. The summed E-state index contributed by atoms with van der Waals surface area (Å²) in [5, 5.41) is 10.0. The maximum absolute atomic E-state index is 11.2. The van der Waals surface area contributed by atoms with E-state index in [1.165, 1.54) is 0 Å². The molecule has 18 heavy (non-hydrogen) atoms. The number of aliphatic carboxylic acids is 1. The van der Waals surface area contributed by atoms with E-state index < -0.39 is 11.9 Å². The summed E-state index contributed by atoms with van der Waals surface area (Å²) in [5.74, 6) is -2.46. The number of hydrogen-bond donors (Lipinski definition) is 0. The zero-order chi connectivity index (χ0) is 13.3. The van der Waals surface area contributed by atoms with Gasteiger partial charge in [-0.25, -0.2) is 0 Å². The van der Waals surface area contributed by atoms with Crippen LogP contribution in [0, 0.1) is 5.92 Å². The molecule has 0 radical (unpaired) electrons. The van der Waals surface area contributed by atoms with Crippen LogP contribution >= 0.6 is 0 Å². The molecule has 0 aromatic rings. The largest absolute Gasteiger partial charge is 1.00 e. The van der Waals surface area contributed by atoms with Crippen molar-refractivity contribution >= 4 is 17.9 Å². The Morgan fingerprint density at radius 2 is 1.67 bits per heavy atom. The molecule has 0 spiro atoms. The molecular weight excluding hydrogens is 267 g/mol. The van der Waals surface area contributed by atoms with Crippen molar-refractivity contribution in [1.29, 1.82) is 0 Å². The van der Waals surface area contributed by atoms with E-state index >= 15 is 0 Å². The topological polar surface area (TPSA) is 92.7 Å². The SMILES string of the molecule is CCC(C)C(=O)OCCOC(=O)CCC(=O)[O-].[K+]. The standard InChI is InChI=1S/C11H18O6.K/c1-3-8(2)11(15)17-7-6-16-10(14)5-4-9(12)13;/h8H,3-7H2,1-2H3,(H,12,13);/q;+1/p-1. The molecule has 0 heterocycles. The first kappa shape index (κ1) is 20.4. The van der Waals surface area contributed by atoms with Crippen LogP contribution in [0.15, 0.2) is 0 Å². The summed E-state index contributed by atoms with van der Waals surface area (Å²) in [7, 11) is 0. The van der Waals surface area contributed by atoms with Gasteiger partial charge in [-0.3, -0.25) is 9.59 Å². The predicted octanol–water partition coefficient (Wildman–Crippen LogP) is -3.35. The first-order valence-corrected chi connectivity index (χ1v) is 5.49. The summed E-state index contributed by atoms with van der Waals surface area (Å²) < 4.78 is 9.47. The molecule has 0 aromatic carbocycles. The summed E-state index contributed by atoms with van der Waals surface area (Å²) in [5.41, 5.74) is 0. The third kappa shape index (κ3) is 11.2. The Kier molecular flexibility index (Phi) is 13.7. The van der Waals surface area contributed by atoms with Crippen LogP contribution in [0.2, 0.25) is 0 Å². The molecule has 0 N–H and O–H groups in total. The molecule has 0 aromatic heterocycles. The summed E-state index contributed by atoms with van der Waals surface area (Å²) in [6.45, 7) is 3.54. The molecule has 0 saturated carbocycles. The van der Waals surface area contributed by atoms with Crippen LogP contribution in [0.25, 0.3) is 0 Å². The minimum absolute atomic E-state index is 0. The molecule has 98 valence electrons. The number of ether oxygens (including phenoxy) is 2. The van der Waals surface area contributed by atoms with Gasteiger partial charge in [0.25, 0.3) is 0 Å². The summed E-state index contributed by atoms with van der Waals surface area (Å²) >= 11 is 0. The number of carbonyl (C=O) groups is 3. The number of rotatable bonds is 8. The Bertz CT molecular complexity index is 279. The Hall–Kier alpha value is 0.0464. The third-order valence-corrected chi connectivity index (χ3v) is 2.14. The van der Waals surface area contributed by atoms with Crippen LogP contribution in [-0.2, 0) is 23.9 Å². The molecule has 0 saturated heterocycles. The van der Waals surface area contributed by atoms with Crippen molar-refractivity contribution in [1.82, 2.24) is 0 Å². The first-order valence-electron chi connectivity index (χ1n) is 5.49. The van der Waals surface area contributed by atoms with E-state index in [0.29, 0.717) is 6.42 Å². The third-order valence-electron chi connectivity index (χ3n) is 2.14. The smallest absolute Gasteiger partial charge is 0.550 e. The first-order chi connectivity index (χ1) is 7.97. The van der Waals surface area contributed by atoms with Gasteiger partial charge in [-0.15, -0.1) is 0 Å². The molecule has 0 aliphatic rings. The van der Waals surface area contributed by atoms with Gasteiger partial charge in [-0.2, -0.15) is 0 Å². The minimum atomic E-state index is -1.30. The molecule has 0 aliphatic carbocycles. The summed E-state index contributed by atoms with van der Waals surface area (Å²) in [4.78, 5) is 32.2. The van der Waals surface area contributed by atoms with Crippen molar-refractivity contribution in [2.24, 2.45) is 5.92 Å². The van der Waals surface area contributed by atoms with Gasteiger partial charge >= 0.3 is 63.3 Å². The van der Waals surface area contributed by atoms with Crippen molar-refractivity contribution in [2.45, 2.75) is 33.1 Å². The normalized spacial score (nSPS) is 11.0. The van der Waals surface area contributed by atoms with E-state index in [4.69, 9.17) is 4.74 Å². The van der Waals surface area contributed by atoms with E-state index in [0.717, 1.165) is 0 Å². The molecule has 1 unspecified atom stereocenters. The van der Waals surface area contributed by atoms with Gasteiger partial charge in [0.15, 0.2) is 0 Å². The van der Waals surface area contributed by atoms with Crippen LogP contribution in [0.3, 0.4) is 0 Å². The molecule has 0 amide bonds. The zero-order valence-electron chi connectivity index (χ0n) is 11.1. The number of carbonyl (C=O) groups excluding carboxylic acids is 3. The van der Waals surface area contributed by atoms with Crippen molar-refractivity contribution < 1.29 is 80.3 Å². The molecule has 0 bridgehead atoms. The molecule has 7 heteroatoms. The Balaban J connectivity index is 0. The van der Waals surface area contributed by atoms with Crippen LogP contribution < -0.4 is 56.5 Å². The van der Waals surface area contributed by atoms with Crippen molar-refractivity contribution in [3.8, 4) is 0 Å². The Morgan fingerprint density at radius 3 is 2.17 bits per heavy atom. The fourth-order valence-corrected chi connectivity index (χ4v) is 0.883. The van der Waals surface area contributed by atoms with Gasteiger partial charge < -0.3 is 19.4 Å². The predicted molar refractivity (Wildman–Crippen MR) is 55.6 cm³/mol. The molecule has 1 atom stereocenters. The second kappa shape index (κ2) is 12.1. The summed E-state index contributed by atoms with van der Waals surface area (Å²) in [6.07, 6.45) is 0.0807. The van der Waals surface area contributed by atoms with Gasteiger partial charge in [0.05, 0.1) is 12.3 Å². The van der Waals surface area contributed by atoms with E-state index in [-0.39, 0.29) is 89.3 Å². The fraction of sp³-hybridized carbons (Fsp3) is 0.727. The van der Waals surface area contributed by atoms with Crippen molar-refractivity contribution in [2.75, 3.05) is 13.2 Å². The quantitative estimate of drug-likeness (QED) is 0.263. The van der Waals surface area contributed by atoms with E-state index in [1.54, 1.807) is 6.92 Å². The average molecular weight is 284 g/mol. The minimum Gasteiger partial charge on any atom is -0.550 e. The Labute approximate surface area is 149 Å². The molecule has 0 aliphatic heterocycles. The second-order valence-electron chi connectivity index (χ2n) is 3.57. The molecule has 0 fully saturated rings. The van der Waals surface area contributed by atoms with Crippen LogP contribution in [0.5, 0.6) is 0 Å². The van der Waals surface area contributed by atoms with E-state index in [9.17, 15) is 19.5 Å².